The molecule has 0 amide bonds. The molecule has 0 atom stereocenters. The lowest BCUT2D eigenvalue weighted by atomic mass is 10.2. The van der Waals surface area contributed by atoms with E-state index in [4.69, 9.17) is 5.14 Å². The lowest BCUT2D eigenvalue weighted by Gasteiger charge is -2.06. The number of rotatable bonds is 3. The number of primary sulfonamides is 1. The molecule has 102 valence electrons. The molecular weight excluding hydrogens is 276 g/mol. The van der Waals surface area contributed by atoms with Crippen LogP contribution < -0.4 is 5.14 Å². The van der Waals surface area contributed by atoms with E-state index in [1.165, 1.54) is 10.8 Å². The predicted molar refractivity (Wildman–Crippen MR) is 63.8 cm³/mol. The zero-order valence-corrected chi connectivity index (χ0v) is 10.8. The molecule has 0 fully saturated rings. The Morgan fingerprint density at radius 1 is 1.37 bits per heavy atom. The molecule has 0 aliphatic carbocycles. The predicted octanol–water partition coefficient (Wildman–Crippen LogP) is 1.17. The molecule has 2 N–H and O–H groups in total. The smallest absolute Gasteiger partial charge is 0.257 e. The number of halogens is 2. The molecule has 0 aliphatic rings. The minimum atomic E-state index is -3.91. The van der Waals surface area contributed by atoms with Crippen molar-refractivity contribution in [2.24, 2.45) is 5.14 Å². The van der Waals surface area contributed by atoms with E-state index in [2.05, 4.69) is 4.98 Å². The third-order valence-electron chi connectivity index (χ3n) is 2.59. The van der Waals surface area contributed by atoms with Crippen LogP contribution in [0.5, 0.6) is 0 Å². The van der Waals surface area contributed by atoms with Crippen molar-refractivity contribution in [3.63, 3.8) is 0 Å². The maximum Gasteiger partial charge on any atom is 0.257 e. The largest absolute Gasteiger partial charge is 0.329 e. The third kappa shape index (κ3) is 2.96. The molecule has 0 saturated heterocycles. The van der Waals surface area contributed by atoms with Gasteiger partial charge in [0.15, 0.2) is 5.03 Å². The molecule has 0 spiro atoms. The van der Waals surface area contributed by atoms with Crippen LogP contribution in [0.15, 0.2) is 29.4 Å². The first-order chi connectivity index (χ1) is 8.77. The molecular formula is C11H11F2N3O2S. The molecule has 0 aliphatic heterocycles. The van der Waals surface area contributed by atoms with E-state index in [0.717, 1.165) is 18.2 Å². The minimum absolute atomic E-state index is 0.0298. The fourth-order valence-electron chi connectivity index (χ4n) is 1.62. The zero-order valence-electron chi connectivity index (χ0n) is 9.97. The van der Waals surface area contributed by atoms with Gasteiger partial charge in [0.05, 0.1) is 6.54 Å². The average Bonchev–Trinajstić information content (AvgIpc) is 2.65. The Labute approximate surface area is 108 Å². The molecule has 0 unspecified atom stereocenters. The van der Waals surface area contributed by atoms with Crippen LogP contribution in [-0.2, 0) is 16.6 Å². The number of imidazole rings is 1. The van der Waals surface area contributed by atoms with Crippen molar-refractivity contribution in [3.8, 4) is 0 Å². The molecule has 2 aromatic rings. The highest BCUT2D eigenvalue weighted by Gasteiger charge is 2.15. The summed E-state index contributed by atoms with van der Waals surface area (Å²) in [6.45, 7) is 1.52. The number of hydrogen-bond donors (Lipinski definition) is 1. The fourth-order valence-corrected chi connectivity index (χ4v) is 2.16. The van der Waals surface area contributed by atoms with Crippen LogP contribution in [0.1, 0.15) is 11.4 Å². The second-order valence-corrected chi connectivity index (χ2v) is 5.54. The zero-order chi connectivity index (χ0) is 14.2. The Hall–Kier alpha value is -1.80. The van der Waals surface area contributed by atoms with Crippen molar-refractivity contribution in [1.82, 2.24) is 9.55 Å². The van der Waals surface area contributed by atoms with Gasteiger partial charge in [0.1, 0.15) is 17.5 Å². The van der Waals surface area contributed by atoms with E-state index in [-0.39, 0.29) is 17.1 Å². The summed E-state index contributed by atoms with van der Waals surface area (Å²) in [4.78, 5) is 3.76. The molecule has 1 aromatic carbocycles. The Balaban J connectivity index is 2.39. The van der Waals surface area contributed by atoms with Crippen LogP contribution in [0.2, 0.25) is 0 Å². The fraction of sp³-hybridized carbons (Fsp3) is 0.182. The van der Waals surface area contributed by atoms with Crippen LogP contribution >= 0.6 is 0 Å². The van der Waals surface area contributed by atoms with Gasteiger partial charge in [-0.25, -0.2) is 27.3 Å². The first kappa shape index (κ1) is 13.6. The van der Waals surface area contributed by atoms with E-state index in [9.17, 15) is 17.2 Å². The number of aryl methyl sites for hydroxylation is 1. The first-order valence-electron chi connectivity index (χ1n) is 5.28. The Kier molecular flexibility index (Phi) is 3.38. The van der Waals surface area contributed by atoms with Gasteiger partial charge in [0, 0.05) is 11.8 Å². The van der Waals surface area contributed by atoms with Crippen molar-refractivity contribution in [3.05, 3.63) is 47.4 Å². The van der Waals surface area contributed by atoms with Crippen molar-refractivity contribution in [2.45, 2.75) is 18.5 Å². The van der Waals surface area contributed by atoms with Crippen LogP contribution in [0.4, 0.5) is 8.78 Å². The van der Waals surface area contributed by atoms with Gasteiger partial charge in [-0.3, -0.25) is 0 Å². The number of hydrogen-bond acceptors (Lipinski definition) is 3. The summed E-state index contributed by atoms with van der Waals surface area (Å²) in [5, 5.41) is 4.64. The van der Waals surface area contributed by atoms with Crippen molar-refractivity contribution in [2.75, 3.05) is 0 Å². The van der Waals surface area contributed by atoms with Gasteiger partial charge in [0.2, 0.25) is 0 Å². The summed E-state index contributed by atoms with van der Waals surface area (Å²) in [7, 11) is -3.91. The second-order valence-electron chi connectivity index (χ2n) is 4.03. The van der Waals surface area contributed by atoms with E-state index in [0.29, 0.717) is 5.82 Å². The first-order valence-corrected chi connectivity index (χ1v) is 6.82. The summed E-state index contributed by atoms with van der Waals surface area (Å²) in [5.41, 5.74) is 0.0986. The second kappa shape index (κ2) is 4.71. The summed E-state index contributed by atoms with van der Waals surface area (Å²) < 4.78 is 50.2. The number of nitrogens with two attached hydrogens (primary N) is 1. The monoisotopic (exact) mass is 287 g/mol. The SMILES string of the molecule is Cc1nc(S(N)(=O)=O)cn1Cc1cc(F)ccc1F. The molecule has 5 nitrogen and oxygen atoms in total. The quantitative estimate of drug-likeness (QED) is 0.920. The van der Waals surface area contributed by atoms with Gasteiger partial charge >= 0.3 is 0 Å². The standard InChI is InChI=1S/C11H11F2N3O2S/c1-7-15-11(19(14,17)18)6-16(7)5-8-4-9(12)2-3-10(8)13/h2-4,6H,5H2,1H3,(H2,14,17,18). The van der Waals surface area contributed by atoms with Gasteiger partial charge in [-0.15, -0.1) is 0 Å². The normalized spacial score (nSPS) is 11.8. The maximum atomic E-state index is 13.5. The van der Waals surface area contributed by atoms with Gasteiger partial charge in [0.25, 0.3) is 10.0 Å². The van der Waals surface area contributed by atoms with Crippen LogP contribution in [-0.4, -0.2) is 18.0 Å². The molecule has 0 bridgehead atoms. The highest BCUT2D eigenvalue weighted by atomic mass is 32.2. The van der Waals surface area contributed by atoms with Gasteiger partial charge in [-0.1, -0.05) is 0 Å². The Morgan fingerprint density at radius 3 is 2.63 bits per heavy atom. The lowest BCUT2D eigenvalue weighted by Crippen LogP contribution is -2.12. The van der Waals surface area contributed by atoms with E-state index >= 15 is 0 Å². The summed E-state index contributed by atoms with van der Waals surface area (Å²) in [6.07, 6.45) is 1.19. The molecule has 19 heavy (non-hydrogen) atoms. The molecule has 0 saturated carbocycles. The topological polar surface area (TPSA) is 78.0 Å². The maximum absolute atomic E-state index is 13.5. The molecule has 1 heterocycles. The third-order valence-corrected chi connectivity index (χ3v) is 3.37. The van der Waals surface area contributed by atoms with E-state index in [1.807, 2.05) is 0 Å². The van der Waals surface area contributed by atoms with Crippen molar-refractivity contribution >= 4 is 10.0 Å². The summed E-state index contributed by atoms with van der Waals surface area (Å²) in [6, 6.07) is 3.07. The van der Waals surface area contributed by atoms with Crippen LogP contribution in [0.25, 0.3) is 0 Å². The number of aromatic nitrogens is 2. The molecule has 8 heteroatoms. The van der Waals surface area contributed by atoms with E-state index < -0.39 is 21.7 Å². The molecule has 1 aromatic heterocycles. The number of sulfonamides is 1. The van der Waals surface area contributed by atoms with Crippen molar-refractivity contribution < 1.29 is 17.2 Å². The summed E-state index contributed by atoms with van der Waals surface area (Å²) in [5.74, 6) is -0.805. The highest BCUT2D eigenvalue weighted by molar-refractivity contribution is 7.89. The van der Waals surface area contributed by atoms with Crippen LogP contribution in [0, 0.1) is 18.6 Å². The van der Waals surface area contributed by atoms with Crippen molar-refractivity contribution in [1.29, 1.82) is 0 Å². The van der Waals surface area contributed by atoms with Gasteiger partial charge in [-0.05, 0) is 25.1 Å². The van der Waals surface area contributed by atoms with E-state index in [1.54, 1.807) is 6.92 Å². The number of benzene rings is 1. The average molecular weight is 287 g/mol. The lowest BCUT2D eigenvalue weighted by molar-refractivity contribution is 0.575. The number of nitrogens with zero attached hydrogens (tertiary/aromatic N) is 2. The minimum Gasteiger partial charge on any atom is -0.329 e. The summed E-state index contributed by atoms with van der Waals surface area (Å²) >= 11 is 0. The molecule has 0 radical (unpaired) electrons. The van der Waals surface area contributed by atoms with Crippen LogP contribution in [0.3, 0.4) is 0 Å². The Bertz CT molecular complexity index is 726. The molecule has 2 rings (SSSR count). The Morgan fingerprint density at radius 2 is 2.05 bits per heavy atom. The highest BCUT2D eigenvalue weighted by Crippen LogP contribution is 2.14. The van der Waals surface area contributed by atoms with Gasteiger partial charge in [-0.2, -0.15) is 0 Å². The van der Waals surface area contributed by atoms with Gasteiger partial charge < -0.3 is 4.57 Å².